The van der Waals surface area contributed by atoms with Gasteiger partial charge in [0.05, 0.1) is 5.69 Å². The van der Waals surface area contributed by atoms with E-state index in [-0.39, 0.29) is 0 Å². The SMILES string of the molecule is Cc1cc(CNCc2cccc3c2NCCC3)no1. The van der Waals surface area contributed by atoms with E-state index >= 15 is 0 Å². The van der Waals surface area contributed by atoms with Crippen LogP contribution in [-0.4, -0.2) is 11.7 Å². The number of aryl methyl sites for hydroxylation is 2. The summed E-state index contributed by atoms with van der Waals surface area (Å²) in [6.45, 7) is 4.57. The number of anilines is 1. The highest BCUT2D eigenvalue weighted by Crippen LogP contribution is 2.25. The first-order valence-corrected chi connectivity index (χ1v) is 6.80. The van der Waals surface area contributed by atoms with Crippen molar-refractivity contribution in [1.29, 1.82) is 0 Å². The number of benzene rings is 1. The molecule has 100 valence electrons. The Balaban J connectivity index is 1.64. The van der Waals surface area contributed by atoms with Crippen molar-refractivity contribution in [2.45, 2.75) is 32.9 Å². The minimum Gasteiger partial charge on any atom is -0.385 e. The molecule has 0 saturated heterocycles. The maximum atomic E-state index is 5.06. The van der Waals surface area contributed by atoms with E-state index in [0.29, 0.717) is 0 Å². The number of fused-ring (bicyclic) bond motifs is 1. The van der Waals surface area contributed by atoms with Crippen LogP contribution in [0.25, 0.3) is 0 Å². The van der Waals surface area contributed by atoms with Gasteiger partial charge in [-0.1, -0.05) is 23.4 Å². The minimum absolute atomic E-state index is 0.737. The molecule has 3 rings (SSSR count). The van der Waals surface area contributed by atoms with Crippen LogP contribution in [0.5, 0.6) is 0 Å². The molecule has 1 aromatic heterocycles. The third-order valence-corrected chi connectivity index (χ3v) is 3.46. The predicted octanol–water partition coefficient (Wildman–Crippen LogP) is 2.63. The molecule has 2 heterocycles. The molecular weight excluding hydrogens is 238 g/mol. The van der Waals surface area contributed by atoms with Crippen LogP contribution >= 0.6 is 0 Å². The highest BCUT2D eigenvalue weighted by Gasteiger charge is 2.11. The van der Waals surface area contributed by atoms with Crippen LogP contribution in [-0.2, 0) is 19.5 Å². The molecule has 1 aliphatic rings. The van der Waals surface area contributed by atoms with E-state index in [1.807, 2.05) is 13.0 Å². The molecule has 0 amide bonds. The molecule has 4 heteroatoms. The molecule has 19 heavy (non-hydrogen) atoms. The number of nitrogens with one attached hydrogen (secondary N) is 2. The number of aromatic nitrogens is 1. The fraction of sp³-hybridized carbons (Fsp3) is 0.400. The topological polar surface area (TPSA) is 50.1 Å². The van der Waals surface area contributed by atoms with Crippen LogP contribution in [0.15, 0.2) is 28.8 Å². The van der Waals surface area contributed by atoms with E-state index in [2.05, 4.69) is 34.0 Å². The van der Waals surface area contributed by atoms with Gasteiger partial charge in [-0.15, -0.1) is 0 Å². The lowest BCUT2D eigenvalue weighted by atomic mass is 9.99. The van der Waals surface area contributed by atoms with E-state index in [1.165, 1.54) is 29.7 Å². The lowest BCUT2D eigenvalue weighted by Gasteiger charge is -2.21. The lowest BCUT2D eigenvalue weighted by Crippen LogP contribution is -2.18. The van der Waals surface area contributed by atoms with Crippen molar-refractivity contribution in [1.82, 2.24) is 10.5 Å². The first-order chi connectivity index (χ1) is 9.33. The van der Waals surface area contributed by atoms with Gasteiger partial charge in [0.15, 0.2) is 0 Å². The average molecular weight is 257 g/mol. The average Bonchev–Trinajstić information content (AvgIpc) is 2.85. The molecule has 0 fully saturated rings. The van der Waals surface area contributed by atoms with Crippen molar-refractivity contribution in [3.05, 3.63) is 46.8 Å². The molecule has 0 radical (unpaired) electrons. The van der Waals surface area contributed by atoms with Crippen LogP contribution in [0.1, 0.15) is 29.0 Å². The fourth-order valence-electron chi connectivity index (χ4n) is 2.55. The second-order valence-electron chi connectivity index (χ2n) is 5.01. The van der Waals surface area contributed by atoms with Crippen LogP contribution in [0.3, 0.4) is 0 Å². The Bertz CT molecular complexity index is 562. The number of hydrogen-bond acceptors (Lipinski definition) is 4. The molecule has 0 bridgehead atoms. The van der Waals surface area contributed by atoms with Gasteiger partial charge in [-0.2, -0.15) is 0 Å². The minimum atomic E-state index is 0.737. The summed E-state index contributed by atoms with van der Waals surface area (Å²) in [6, 6.07) is 8.50. The van der Waals surface area contributed by atoms with Crippen LogP contribution in [0.4, 0.5) is 5.69 Å². The van der Waals surface area contributed by atoms with Crippen molar-refractivity contribution in [2.75, 3.05) is 11.9 Å². The molecule has 1 aromatic carbocycles. The van der Waals surface area contributed by atoms with Crippen molar-refractivity contribution in [3.8, 4) is 0 Å². The Kier molecular flexibility index (Phi) is 3.51. The van der Waals surface area contributed by atoms with E-state index in [4.69, 9.17) is 4.52 Å². The van der Waals surface area contributed by atoms with Crippen molar-refractivity contribution < 1.29 is 4.52 Å². The summed E-state index contributed by atoms with van der Waals surface area (Å²) in [5.74, 6) is 0.857. The fourth-order valence-corrected chi connectivity index (χ4v) is 2.55. The van der Waals surface area contributed by atoms with Gasteiger partial charge in [0.25, 0.3) is 0 Å². The second kappa shape index (κ2) is 5.45. The van der Waals surface area contributed by atoms with Gasteiger partial charge in [-0.25, -0.2) is 0 Å². The largest absolute Gasteiger partial charge is 0.385 e. The normalized spacial score (nSPS) is 13.9. The summed E-state index contributed by atoms with van der Waals surface area (Å²) in [4.78, 5) is 0. The zero-order valence-corrected chi connectivity index (χ0v) is 11.2. The van der Waals surface area contributed by atoms with Gasteiger partial charge in [0, 0.05) is 31.4 Å². The summed E-state index contributed by atoms with van der Waals surface area (Å²) >= 11 is 0. The zero-order chi connectivity index (χ0) is 13.1. The quantitative estimate of drug-likeness (QED) is 0.884. The lowest BCUT2D eigenvalue weighted by molar-refractivity contribution is 0.388. The molecule has 0 saturated carbocycles. The van der Waals surface area contributed by atoms with E-state index in [1.54, 1.807) is 0 Å². The molecule has 1 aliphatic heterocycles. The molecule has 0 spiro atoms. The number of hydrogen-bond donors (Lipinski definition) is 2. The number of para-hydroxylation sites is 1. The maximum absolute atomic E-state index is 5.06. The molecule has 0 aliphatic carbocycles. The van der Waals surface area contributed by atoms with Gasteiger partial charge in [0.2, 0.25) is 0 Å². The van der Waals surface area contributed by atoms with E-state index < -0.39 is 0 Å². The summed E-state index contributed by atoms with van der Waals surface area (Å²) in [6.07, 6.45) is 2.40. The molecular formula is C15H19N3O. The summed E-state index contributed by atoms with van der Waals surface area (Å²) in [5.41, 5.74) is 5.04. The Hall–Kier alpha value is -1.81. The Labute approximate surface area is 113 Å². The second-order valence-corrected chi connectivity index (χ2v) is 5.01. The third kappa shape index (κ3) is 2.79. The van der Waals surface area contributed by atoms with Crippen LogP contribution < -0.4 is 10.6 Å². The standard InChI is InChI=1S/C15H19N3O/c1-11-8-14(18-19-11)10-16-9-13-5-2-4-12-6-3-7-17-15(12)13/h2,4-5,8,16-17H,3,6-7,9-10H2,1H3. The van der Waals surface area contributed by atoms with Crippen LogP contribution in [0, 0.1) is 6.92 Å². The highest BCUT2D eigenvalue weighted by molar-refractivity contribution is 5.59. The van der Waals surface area contributed by atoms with E-state index in [9.17, 15) is 0 Å². The van der Waals surface area contributed by atoms with Gasteiger partial charge in [0.1, 0.15) is 5.76 Å². The van der Waals surface area contributed by atoms with Gasteiger partial charge in [-0.3, -0.25) is 0 Å². The van der Waals surface area contributed by atoms with Crippen molar-refractivity contribution in [3.63, 3.8) is 0 Å². The monoisotopic (exact) mass is 257 g/mol. The first kappa shape index (κ1) is 12.2. The molecule has 2 N–H and O–H groups in total. The maximum Gasteiger partial charge on any atom is 0.133 e. The molecule has 0 unspecified atom stereocenters. The molecule has 2 aromatic rings. The van der Waals surface area contributed by atoms with Gasteiger partial charge in [-0.05, 0) is 30.9 Å². The predicted molar refractivity (Wildman–Crippen MR) is 75.0 cm³/mol. The first-order valence-electron chi connectivity index (χ1n) is 6.80. The Morgan fingerprint density at radius 1 is 1.37 bits per heavy atom. The van der Waals surface area contributed by atoms with Gasteiger partial charge >= 0.3 is 0 Å². The van der Waals surface area contributed by atoms with E-state index in [0.717, 1.165) is 31.1 Å². The van der Waals surface area contributed by atoms with Crippen LogP contribution in [0.2, 0.25) is 0 Å². The summed E-state index contributed by atoms with van der Waals surface area (Å²) in [7, 11) is 0. The molecule has 4 nitrogen and oxygen atoms in total. The Morgan fingerprint density at radius 3 is 3.16 bits per heavy atom. The molecule has 0 atom stereocenters. The smallest absolute Gasteiger partial charge is 0.133 e. The van der Waals surface area contributed by atoms with Crippen molar-refractivity contribution in [2.24, 2.45) is 0 Å². The third-order valence-electron chi connectivity index (χ3n) is 3.46. The summed E-state index contributed by atoms with van der Waals surface area (Å²) < 4.78 is 5.06. The highest BCUT2D eigenvalue weighted by atomic mass is 16.5. The van der Waals surface area contributed by atoms with Gasteiger partial charge < -0.3 is 15.2 Å². The number of rotatable bonds is 4. The number of nitrogens with zero attached hydrogens (tertiary/aromatic N) is 1. The summed E-state index contributed by atoms with van der Waals surface area (Å²) in [5, 5.41) is 10.9. The Morgan fingerprint density at radius 2 is 2.32 bits per heavy atom. The zero-order valence-electron chi connectivity index (χ0n) is 11.2. The van der Waals surface area contributed by atoms with Crippen molar-refractivity contribution >= 4 is 5.69 Å².